The molecule has 0 spiro atoms. The zero-order valence-corrected chi connectivity index (χ0v) is 28.8. The van der Waals surface area contributed by atoms with Crippen LogP contribution in [-0.4, -0.2) is 112 Å². The molecule has 2 aliphatic heterocycles. The van der Waals surface area contributed by atoms with Crippen molar-refractivity contribution in [1.82, 2.24) is 10.6 Å². The van der Waals surface area contributed by atoms with E-state index in [2.05, 4.69) is 41.9 Å². The number of carbonyl (C=O) groups is 5. The number of piperidine rings is 1. The fraction of sp³-hybridized carbons (Fsp3) is 0.645. The summed E-state index contributed by atoms with van der Waals surface area (Å²) in [4.78, 5) is 57.4. The van der Waals surface area contributed by atoms with Crippen LogP contribution in [0.2, 0.25) is 0 Å². The van der Waals surface area contributed by atoms with Gasteiger partial charge in [-0.05, 0) is 24.2 Å². The Bertz CT molecular complexity index is 1270. The Labute approximate surface area is 297 Å². The van der Waals surface area contributed by atoms with Crippen LogP contribution in [0.3, 0.4) is 0 Å². The van der Waals surface area contributed by atoms with Gasteiger partial charge in [0.05, 0.1) is 52.1 Å². The molecule has 1 aromatic rings. The van der Waals surface area contributed by atoms with Crippen LogP contribution in [0.4, 0.5) is 39.5 Å². The molecule has 0 saturated carbocycles. The summed E-state index contributed by atoms with van der Waals surface area (Å²) in [5.41, 5.74) is 1.35. The smallest absolute Gasteiger partial charge is 0.450 e. The van der Waals surface area contributed by atoms with E-state index in [1.807, 2.05) is 6.07 Å². The van der Waals surface area contributed by atoms with Crippen LogP contribution in [0.25, 0.3) is 0 Å². The number of ketones is 1. The van der Waals surface area contributed by atoms with Crippen molar-refractivity contribution in [2.75, 3.05) is 57.8 Å². The summed E-state index contributed by atoms with van der Waals surface area (Å²) in [6.07, 6.45) is -11.8. The Morgan fingerprint density at radius 3 is 1.88 bits per heavy atom. The number of aliphatic carboxylic acids is 2. The average molecular weight is 785 g/mol. The molecule has 296 valence electrons. The van der Waals surface area contributed by atoms with Crippen LogP contribution in [-0.2, 0) is 24.0 Å². The molecule has 0 bridgehead atoms. The van der Waals surface area contributed by atoms with Gasteiger partial charge in [0.1, 0.15) is 18.0 Å². The molecule has 1 aromatic carbocycles. The molecule has 3 atom stereocenters. The van der Waals surface area contributed by atoms with E-state index >= 15 is 0 Å². The third kappa shape index (κ3) is 18.8. The highest BCUT2D eigenvalue weighted by Gasteiger charge is 2.37. The second-order valence-corrected chi connectivity index (χ2v) is 13.2. The highest BCUT2D eigenvalue weighted by Crippen LogP contribution is 2.21. The number of benzene rings is 1. The minimum absolute atomic E-state index is 0.128. The maximum absolute atomic E-state index is 13.0. The molecule has 3 rings (SSSR count). The third-order valence-electron chi connectivity index (χ3n) is 8.07. The molecule has 2 aliphatic rings. The number of halogens is 9. The van der Waals surface area contributed by atoms with Crippen LogP contribution in [0.15, 0.2) is 30.3 Å². The van der Waals surface area contributed by atoms with Crippen molar-refractivity contribution in [3.05, 3.63) is 35.9 Å². The van der Waals surface area contributed by atoms with E-state index < -0.39 is 48.0 Å². The first-order chi connectivity index (χ1) is 24.0. The molecule has 2 saturated heterocycles. The number of carboxylic acid groups (broad SMARTS) is 2. The first kappa shape index (κ1) is 46.4. The number of quaternary nitrogens is 2. The summed E-state index contributed by atoms with van der Waals surface area (Å²) < 4.78 is 100. The lowest BCUT2D eigenvalue weighted by Crippen LogP contribution is -3.11. The number of hydrogen-bond donors (Lipinski definition) is 4. The predicted molar refractivity (Wildman–Crippen MR) is 163 cm³/mol. The quantitative estimate of drug-likeness (QED) is 0.144. The maximum atomic E-state index is 13.0. The Balaban J connectivity index is 0.000000812. The summed E-state index contributed by atoms with van der Waals surface area (Å²) in [5, 5.41) is 23.4. The standard InChI is InChI=1S/C27H39F3N4O3S.2C2HF3O2/c1-33-13-9-21(10-14-33)25(36)32-23(8-5-17-38-19-24(35)27(28,29)30)26(37)31-12-16-34-15-11-22(18-34)20-6-3-2-4-7-20;2*3-2(4,5)1(6)7/h2-4,6-7,21-23H,5,8-19H2,1H3,(H,31,37)(H,32,36);2*(H,6,7)/t22?,23-;;/m0../s1. The van der Waals surface area contributed by atoms with E-state index in [-0.39, 0.29) is 17.7 Å². The fourth-order valence-corrected chi connectivity index (χ4v) is 6.08. The first-order valence-electron chi connectivity index (χ1n) is 16.0. The molecule has 4 N–H and O–H groups in total. The molecule has 0 aromatic heterocycles. The summed E-state index contributed by atoms with van der Waals surface area (Å²) in [5.74, 6) is -8.09. The monoisotopic (exact) mass is 784 g/mol. The molecule has 2 fully saturated rings. The van der Waals surface area contributed by atoms with Gasteiger partial charge in [0.15, 0.2) is 0 Å². The highest BCUT2D eigenvalue weighted by molar-refractivity contribution is 7.99. The van der Waals surface area contributed by atoms with Gasteiger partial charge >= 0.3 is 18.5 Å². The molecular formula is C31H41F9N4O7S. The number of thioether (sulfide) groups is 1. The number of Topliss-reactive ketones (excluding diaryl/α,β-unsaturated/α-hetero) is 1. The third-order valence-corrected chi connectivity index (χ3v) is 9.11. The average Bonchev–Trinajstić information content (AvgIpc) is 3.53. The maximum Gasteiger partial charge on any atom is 0.450 e. The number of alkyl halides is 9. The Morgan fingerprint density at radius 2 is 1.38 bits per heavy atom. The van der Waals surface area contributed by atoms with Gasteiger partial charge in [-0.3, -0.25) is 14.4 Å². The molecule has 2 unspecified atom stereocenters. The minimum Gasteiger partial charge on any atom is -0.542 e. The lowest BCUT2D eigenvalue weighted by atomic mass is 9.95. The van der Waals surface area contributed by atoms with Crippen molar-refractivity contribution in [1.29, 1.82) is 0 Å². The normalized spacial score (nSPS) is 21.0. The number of amides is 2. The largest absolute Gasteiger partial charge is 0.542 e. The van der Waals surface area contributed by atoms with Crippen LogP contribution >= 0.6 is 11.8 Å². The zero-order valence-electron chi connectivity index (χ0n) is 28.0. The number of carbonyl (C=O) groups excluding carboxylic acids is 5. The number of carboxylic acids is 2. The van der Waals surface area contributed by atoms with Gasteiger partial charge in [-0.2, -0.15) is 51.3 Å². The molecule has 2 amide bonds. The second kappa shape index (κ2) is 21.8. The molecule has 11 nitrogen and oxygen atoms in total. The van der Waals surface area contributed by atoms with E-state index in [0.717, 1.165) is 63.7 Å². The molecule has 0 radical (unpaired) electrons. The van der Waals surface area contributed by atoms with E-state index in [0.29, 0.717) is 31.1 Å². The zero-order chi connectivity index (χ0) is 39.7. The van der Waals surface area contributed by atoms with E-state index in [4.69, 9.17) is 19.8 Å². The highest BCUT2D eigenvalue weighted by atomic mass is 32.2. The van der Waals surface area contributed by atoms with Gasteiger partial charge < -0.3 is 40.2 Å². The molecule has 0 aliphatic carbocycles. The van der Waals surface area contributed by atoms with E-state index in [9.17, 15) is 53.9 Å². The summed E-state index contributed by atoms with van der Waals surface area (Å²) in [7, 11) is 2.09. The van der Waals surface area contributed by atoms with Gasteiger partial charge in [-0.1, -0.05) is 30.3 Å². The van der Waals surface area contributed by atoms with Gasteiger partial charge in [0.2, 0.25) is 17.6 Å². The second-order valence-electron chi connectivity index (χ2n) is 12.1. The van der Waals surface area contributed by atoms with Crippen molar-refractivity contribution in [3.63, 3.8) is 0 Å². The number of hydrogen-bond acceptors (Lipinski definition) is 8. The Hall–Kier alpha value is -3.59. The number of likely N-dealkylation sites (tertiary alicyclic amines) is 2. The SMILES string of the molecule is C[NH+]1CCC(C(=O)N[C@@H](CCCSCC(=O)C(F)(F)F)C(=O)NCC[NH+]2CCC(c3ccccc3)C2)CC1.O=C([O-])C(F)(F)F.O=C([O-])C(F)(F)F. The van der Waals surface area contributed by atoms with Crippen LogP contribution < -0.4 is 30.6 Å². The number of rotatable bonds is 13. The van der Waals surface area contributed by atoms with Gasteiger partial charge in [0.25, 0.3) is 0 Å². The summed E-state index contributed by atoms with van der Waals surface area (Å²) >= 11 is 0.902. The topological polar surface area (TPSA) is 164 Å². The van der Waals surface area contributed by atoms with Crippen molar-refractivity contribution in [2.24, 2.45) is 5.92 Å². The molecule has 2 heterocycles. The van der Waals surface area contributed by atoms with Crippen LogP contribution in [0, 0.1) is 5.92 Å². The van der Waals surface area contributed by atoms with Crippen molar-refractivity contribution in [3.8, 4) is 0 Å². The van der Waals surface area contributed by atoms with E-state index in [1.165, 1.54) is 15.4 Å². The Morgan fingerprint density at radius 1 is 0.846 bits per heavy atom. The lowest BCUT2D eigenvalue weighted by Gasteiger charge is -2.27. The molecule has 52 heavy (non-hydrogen) atoms. The van der Waals surface area contributed by atoms with Gasteiger partial charge in [-0.15, -0.1) is 0 Å². The van der Waals surface area contributed by atoms with Crippen LogP contribution in [0.5, 0.6) is 0 Å². The van der Waals surface area contributed by atoms with Crippen molar-refractivity contribution >= 4 is 41.3 Å². The van der Waals surface area contributed by atoms with Gasteiger partial charge in [-0.25, -0.2) is 0 Å². The lowest BCUT2D eigenvalue weighted by molar-refractivity contribution is -0.886. The summed E-state index contributed by atoms with van der Waals surface area (Å²) in [6.45, 7) is 5.16. The van der Waals surface area contributed by atoms with Crippen molar-refractivity contribution in [2.45, 2.75) is 62.6 Å². The number of nitrogens with one attached hydrogen (secondary N) is 4. The fourth-order valence-electron chi connectivity index (χ4n) is 5.22. The van der Waals surface area contributed by atoms with Gasteiger partial charge in [0, 0.05) is 31.1 Å². The molecular weight excluding hydrogens is 743 g/mol. The van der Waals surface area contributed by atoms with E-state index in [1.54, 1.807) is 0 Å². The van der Waals surface area contributed by atoms with Crippen LogP contribution in [0.1, 0.15) is 43.6 Å². The summed E-state index contributed by atoms with van der Waals surface area (Å²) in [6, 6.07) is 9.71. The van der Waals surface area contributed by atoms with Crippen molar-refractivity contribution < 1.29 is 83.5 Å². The first-order valence-corrected chi connectivity index (χ1v) is 17.2. The predicted octanol–water partition coefficient (Wildman–Crippen LogP) is -1.17. The Kier molecular flexibility index (Phi) is 19.5. The minimum atomic E-state index is -5.19. The molecule has 21 heteroatoms.